The summed E-state index contributed by atoms with van der Waals surface area (Å²) >= 11 is 0. The minimum Gasteiger partial charge on any atom is -0.320 e. The molecule has 6 heteroatoms. The van der Waals surface area contributed by atoms with E-state index in [-0.39, 0.29) is 11.4 Å². The predicted molar refractivity (Wildman–Crippen MR) is 98.4 cm³/mol. The number of carbonyl (C=O) groups excluding carboxylic acids is 1. The average molecular weight is 351 g/mol. The summed E-state index contributed by atoms with van der Waals surface area (Å²) in [6.45, 7) is 5.53. The van der Waals surface area contributed by atoms with Gasteiger partial charge in [0.05, 0.1) is 0 Å². The Balaban J connectivity index is 2.01. The number of hydrogen-bond acceptors (Lipinski definition) is 3. The number of para-hydroxylation sites is 1. The second kappa shape index (κ2) is 6.92. The van der Waals surface area contributed by atoms with Crippen LogP contribution in [-0.2, 0) is 0 Å². The molecule has 1 heterocycles. The van der Waals surface area contributed by atoms with Gasteiger partial charge < -0.3 is 5.32 Å². The molecule has 0 saturated heterocycles. The molecule has 26 heavy (non-hydrogen) atoms. The highest BCUT2D eigenvalue weighted by atomic mass is 19.1. The Morgan fingerprint density at radius 3 is 2.46 bits per heavy atom. The molecule has 0 aliphatic carbocycles. The molecule has 0 bridgehead atoms. The van der Waals surface area contributed by atoms with Crippen molar-refractivity contribution in [3.63, 3.8) is 0 Å². The fourth-order valence-electron chi connectivity index (χ4n) is 2.58. The number of hydrogen-bond donors (Lipinski definition) is 1. The van der Waals surface area contributed by atoms with Gasteiger partial charge >= 0.3 is 0 Å². The molecule has 0 unspecified atom stereocenters. The van der Waals surface area contributed by atoms with Crippen molar-refractivity contribution in [3.8, 4) is 5.69 Å². The molecule has 1 N–H and O–H groups in total. The second-order valence-electron chi connectivity index (χ2n) is 6.11. The first kappa shape index (κ1) is 17.5. The van der Waals surface area contributed by atoms with Gasteiger partial charge in [0.25, 0.3) is 5.91 Å². The largest absolute Gasteiger partial charge is 0.320 e. The zero-order valence-electron chi connectivity index (χ0n) is 14.7. The van der Waals surface area contributed by atoms with E-state index < -0.39 is 17.2 Å². The van der Waals surface area contributed by atoms with E-state index in [2.05, 4.69) is 10.4 Å². The van der Waals surface area contributed by atoms with Crippen molar-refractivity contribution in [1.82, 2.24) is 9.78 Å². The number of halogens is 1. The summed E-state index contributed by atoms with van der Waals surface area (Å²) in [5.74, 6) is -1.13. The van der Waals surface area contributed by atoms with E-state index in [1.54, 1.807) is 25.1 Å². The topological polar surface area (TPSA) is 64.0 Å². The quantitative estimate of drug-likeness (QED) is 0.785. The number of carbonyl (C=O) groups is 1. The summed E-state index contributed by atoms with van der Waals surface area (Å²) in [7, 11) is 0. The van der Waals surface area contributed by atoms with Gasteiger partial charge in [-0.2, -0.15) is 5.10 Å². The van der Waals surface area contributed by atoms with E-state index in [0.717, 1.165) is 11.1 Å². The standard InChI is InChI=1S/C20H18FN3O2/c1-12-8-9-15(10-13(12)2)22-20(26)19-18(25)11-14(3)24(23-19)17-7-5-4-6-16(17)21/h4-11H,1-3H3,(H,22,26). The van der Waals surface area contributed by atoms with E-state index >= 15 is 0 Å². The zero-order chi connectivity index (χ0) is 18.8. The molecule has 132 valence electrons. The number of aromatic nitrogens is 2. The Labute approximate surface area is 150 Å². The Bertz CT molecular complexity index is 1060. The van der Waals surface area contributed by atoms with Crippen LogP contribution >= 0.6 is 0 Å². The summed E-state index contributed by atoms with van der Waals surface area (Å²) in [6.07, 6.45) is 0. The number of benzene rings is 2. The van der Waals surface area contributed by atoms with Crippen molar-refractivity contribution >= 4 is 11.6 Å². The van der Waals surface area contributed by atoms with Crippen LogP contribution in [0.25, 0.3) is 5.69 Å². The molecule has 0 radical (unpaired) electrons. The summed E-state index contributed by atoms with van der Waals surface area (Å²) in [6, 6.07) is 12.8. The van der Waals surface area contributed by atoms with Crippen LogP contribution < -0.4 is 10.7 Å². The van der Waals surface area contributed by atoms with E-state index in [9.17, 15) is 14.0 Å². The second-order valence-corrected chi connectivity index (χ2v) is 6.11. The van der Waals surface area contributed by atoms with Crippen LogP contribution in [0, 0.1) is 26.6 Å². The molecule has 1 amide bonds. The van der Waals surface area contributed by atoms with E-state index in [0.29, 0.717) is 11.4 Å². The smallest absolute Gasteiger partial charge is 0.280 e. The SMILES string of the molecule is Cc1ccc(NC(=O)c2nn(-c3ccccc3F)c(C)cc2=O)cc1C. The number of amides is 1. The molecular weight excluding hydrogens is 333 g/mol. The van der Waals surface area contributed by atoms with Gasteiger partial charge in [-0.15, -0.1) is 0 Å². The third-order valence-corrected chi connectivity index (χ3v) is 4.17. The minimum atomic E-state index is -0.636. The molecule has 0 aliphatic rings. The third kappa shape index (κ3) is 3.39. The van der Waals surface area contributed by atoms with E-state index in [4.69, 9.17) is 0 Å². The number of nitrogens with one attached hydrogen (secondary N) is 1. The molecule has 0 aliphatic heterocycles. The summed E-state index contributed by atoms with van der Waals surface area (Å²) < 4.78 is 15.3. The van der Waals surface area contributed by atoms with Crippen LogP contribution in [0.4, 0.5) is 10.1 Å². The third-order valence-electron chi connectivity index (χ3n) is 4.17. The Morgan fingerprint density at radius 2 is 1.77 bits per heavy atom. The molecule has 0 fully saturated rings. The Kier molecular flexibility index (Phi) is 4.67. The van der Waals surface area contributed by atoms with Crippen molar-refractivity contribution in [2.45, 2.75) is 20.8 Å². The van der Waals surface area contributed by atoms with Gasteiger partial charge in [0, 0.05) is 17.4 Å². The van der Waals surface area contributed by atoms with Crippen LogP contribution in [0.15, 0.2) is 53.3 Å². The number of rotatable bonds is 3. The van der Waals surface area contributed by atoms with Crippen molar-refractivity contribution in [3.05, 3.63) is 87.1 Å². The molecule has 5 nitrogen and oxygen atoms in total. The highest BCUT2D eigenvalue weighted by molar-refractivity contribution is 6.02. The highest BCUT2D eigenvalue weighted by Gasteiger charge is 2.17. The van der Waals surface area contributed by atoms with Crippen LogP contribution in [0.1, 0.15) is 27.3 Å². The van der Waals surface area contributed by atoms with Crippen molar-refractivity contribution in [1.29, 1.82) is 0 Å². The van der Waals surface area contributed by atoms with Crippen molar-refractivity contribution in [2.75, 3.05) is 5.32 Å². The fraction of sp³-hybridized carbons (Fsp3) is 0.150. The number of aryl methyl sites for hydroxylation is 3. The molecule has 1 aromatic heterocycles. The molecule has 2 aromatic carbocycles. The van der Waals surface area contributed by atoms with Crippen LogP contribution in [0.2, 0.25) is 0 Å². The van der Waals surface area contributed by atoms with E-state index in [1.165, 1.54) is 22.9 Å². The van der Waals surface area contributed by atoms with Gasteiger partial charge in [-0.25, -0.2) is 9.07 Å². The normalized spacial score (nSPS) is 10.6. The number of nitrogens with zero attached hydrogens (tertiary/aromatic N) is 2. The average Bonchev–Trinajstić information content (AvgIpc) is 2.59. The van der Waals surface area contributed by atoms with Gasteiger partial charge in [-0.3, -0.25) is 9.59 Å². The van der Waals surface area contributed by atoms with Crippen molar-refractivity contribution in [2.24, 2.45) is 0 Å². The molecule has 3 aromatic rings. The zero-order valence-corrected chi connectivity index (χ0v) is 14.7. The van der Waals surface area contributed by atoms with Gasteiger partial charge in [-0.1, -0.05) is 18.2 Å². The highest BCUT2D eigenvalue weighted by Crippen LogP contribution is 2.16. The maximum atomic E-state index is 14.1. The predicted octanol–water partition coefficient (Wildman–Crippen LogP) is 3.55. The molecular formula is C20H18FN3O2. The lowest BCUT2D eigenvalue weighted by atomic mass is 10.1. The summed E-state index contributed by atoms with van der Waals surface area (Å²) in [5, 5.41) is 6.76. The lowest BCUT2D eigenvalue weighted by molar-refractivity contribution is 0.101. The fourth-order valence-corrected chi connectivity index (χ4v) is 2.58. The Hall–Kier alpha value is -3.28. The summed E-state index contributed by atoms with van der Waals surface area (Å²) in [5.41, 5.74) is 2.47. The lowest BCUT2D eigenvalue weighted by Gasteiger charge is -2.12. The van der Waals surface area contributed by atoms with Crippen LogP contribution in [-0.4, -0.2) is 15.7 Å². The van der Waals surface area contributed by atoms with Gasteiger partial charge in [0.1, 0.15) is 11.5 Å². The minimum absolute atomic E-state index is 0.172. The lowest BCUT2D eigenvalue weighted by Crippen LogP contribution is -2.27. The first-order valence-electron chi connectivity index (χ1n) is 8.11. The maximum absolute atomic E-state index is 14.1. The first-order valence-corrected chi connectivity index (χ1v) is 8.11. The molecule has 0 saturated carbocycles. The Morgan fingerprint density at radius 1 is 1.04 bits per heavy atom. The van der Waals surface area contributed by atoms with E-state index in [1.807, 2.05) is 26.0 Å². The van der Waals surface area contributed by atoms with Crippen molar-refractivity contribution < 1.29 is 9.18 Å². The maximum Gasteiger partial charge on any atom is 0.280 e. The molecule has 0 spiro atoms. The van der Waals surface area contributed by atoms with Crippen LogP contribution in [0.3, 0.4) is 0 Å². The van der Waals surface area contributed by atoms with Gasteiger partial charge in [-0.05, 0) is 56.2 Å². The van der Waals surface area contributed by atoms with Gasteiger partial charge in [0.15, 0.2) is 5.69 Å². The molecule has 3 rings (SSSR count). The van der Waals surface area contributed by atoms with Gasteiger partial charge in [0.2, 0.25) is 5.43 Å². The summed E-state index contributed by atoms with van der Waals surface area (Å²) in [4.78, 5) is 24.8. The monoisotopic (exact) mass is 351 g/mol. The van der Waals surface area contributed by atoms with Crippen LogP contribution in [0.5, 0.6) is 0 Å². The molecule has 0 atom stereocenters. The first-order chi connectivity index (χ1) is 12.4. The number of anilines is 1.